The fraction of sp³-hybridized carbons (Fsp3) is 0.812. The lowest BCUT2D eigenvalue weighted by atomic mass is 10.00. The number of aromatic nitrogens is 2. The highest BCUT2D eigenvalue weighted by Gasteiger charge is 2.44. The Morgan fingerprint density at radius 2 is 2.42 bits per heavy atom. The molecular formula is C16H26N4O3S. The third-order valence-electron chi connectivity index (χ3n) is 4.93. The first-order chi connectivity index (χ1) is 11.5. The van der Waals surface area contributed by atoms with Crippen molar-refractivity contribution in [2.45, 2.75) is 44.4 Å². The maximum Gasteiger partial charge on any atom is 0.275 e. The highest BCUT2D eigenvalue weighted by atomic mass is 32.1. The van der Waals surface area contributed by atoms with Crippen molar-refractivity contribution in [1.29, 1.82) is 0 Å². The number of nitrogens with zero attached hydrogens (tertiary/aromatic N) is 4. The molecule has 8 heteroatoms. The van der Waals surface area contributed by atoms with E-state index >= 15 is 0 Å². The molecule has 0 N–H and O–H groups in total. The molecule has 2 fully saturated rings. The van der Waals surface area contributed by atoms with E-state index in [-0.39, 0.29) is 12.0 Å². The van der Waals surface area contributed by atoms with Gasteiger partial charge in [-0.3, -0.25) is 4.79 Å². The van der Waals surface area contributed by atoms with E-state index in [0.717, 1.165) is 19.4 Å². The van der Waals surface area contributed by atoms with Gasteiger partial charge in [0.25, 0.3) is 5.91 Å². The van der Waals surface area contributed by atoms with E-state index in [9.17, 15) is 4.79 Å². The van der Waals surface area contributed by atoms with Gasteiger partial charge in [-0.2, -0.15) is 0 Å². The van der Waals surface area contributed by atoms with Gasteiger partial charge in [0, 0.05) is 24.5 Å². The standard InChI is InChI=1S/C16H26N4O3S/c1-12(2)19(3)8-13-4-5-16(23-13)10-20(6-7-22-11-16)15(21)14-9-24-18-17-14/h9,12-13H,4-8,10-11H2,1-3H3. The first-order valence-electron chi connectivity index (χ1n) is 8.51. The van der Waals surface area contributed by atoms with E-state index in [0.29, 0.717) is 38.0 Å². The third-order valence-corrected chi connectivity index (χ3v) is 5.43. The van der Waals surface area contributed by atoms with E-state index in [1.54, 1.807) is 10.3 Å². The number of hydrogen-bond donors (Lipinski definition) is 0. The molecule has 0 radical (unpaired) electrons. The molecule has 1 aromatic rings. The van der Waals surface area contributed by atoms with Crippen LogP contribution in [0.15, 0.2) is 5.38 Å². The van der Waals surface area contributed by atoms with Crippen LogP contribution in [0, 0.1) is 0 Å². The summed E-state index contributed by atoms with van der Waals surface area (Å²) >= 11 is 1.19. The number of rotatable bonds is 4. The van der Waals surface area contributed by atoms with Crippen molar-refractivity contribution in [3.05, 3.63) is 11.1 Å². The van der Waals surface area contributed by atoms with Crippen molar-refractivity contribution in [2.24, 2.45) is 0 Å². The number of carbonyl (C=O) groups is 1. The summed E-state index contributed by atoms with van der Waals surface area (Å²) in [6, 6.07) is 0.491. The highest BCUT2D eigenvalue weighted by molar-refractivity contribution is 7.03. The van der Waals surface area contributed by atoms with Crippen molar-refractivity contribution in [2.75, 3.05) is 39.9 Å². The van der Waals surface area contributed by atoms with Gasteiger partial charge in [0.15, 0.2) is 5.69 Å². The second-order valence-corrected chi connectivity index (χ2v) is 7.67. The zero-order valence-corrected chi connectivity index (χ0v) is 15.4. The fourth-order valence-corrected chi connectivity index (χ4v) is 3.71. The minimum absolute atomic E-state index is 0.0834. The molecule has 2 saturated heterocycles. The lowest BCUT2D eigenvalue weighted by Crippen LogP contribution is -2.47. The van der Waals surface area contributed by atoms with Gasteiger partial charge in [0.1, 0.15) is 5.60 Å². The molecule has 2 aliphatic rings. The summed E-state index contributed by atoms with van der Waals surface area (Å²) in [5.41, 5.74) is 0.0177. The van der Waals surface area contributed by atoms with Crippen molar-refractivity contribution in [1.82, 2.24) is 19.4 Å². The Hall–Kier alpha value is -1.09. The number of hydrogen-bond acceptors (Lipinski definition) is 7. The van der Waals surface area contributed by atoms with Crippen LogP contribution >= 0.6 is 11.5 Å². The van der Waals surface area contributed by atoms with Crippen LogP contribution in [-0.2, 0) is 9.47 Å². The SMILES string of the molecule is CC(C)N(C)CC1CCC2(COCCN(C(=O)c3csnn3)C2)O1. The van der Waals surface area contributed by atoms with Crippen LogP contribution in [0.3, 0.4) is 0 Å². The van der Waals surface area contributed by atoms with Gasteiger partial charge in [-0.1, -0.05) is 4.49 Å². The Morgan fingerprint density at radius 1 is 1.58 bits per heavy atom. The van der Waals surface area contributed by atoms with Crippen molar-refractivity contribution in [3.63, 3.8) is 0 Å². The summed E-state index contributed by atoms with van der Waals surface area (Å²) in [6.07, 6.45) is 2.11. The van der Waals surface area contributed by atoms with Crippen LogP contribution in [0.1, 0.15) is 37.2 Å². The molecule has 0 saturated carbocycles. The summed E-state index contributed by atoms with van der Waals surface area (Å²) in [5, 5.41) is 5.59. The van der Waals surface area contributed by atoms with Crippen LogP contribution in [0.5, 0.6) is 0 Å². The minimum atomic E-state index is -0.391. The molecule has 3 heterocycles. The van der Waals surface area contributed by atoms with Gasteiger partial charge in [-0.25, -0.2) is 0 Å². The smallest absolute Gasteiger partial charge is 0.275 e. The first kappa shape index (κ1) is 17.7. The Morgan fingerprint density at radius 3 is 3.12 bits per heavy atom. The second kappa shape index (κ2) is 7.43. The van der Waals surface area contributed by atoms with E-state index in [1.165, 1.54) is 11.5 Å². The Labute approximate surface area is 147 Å². The van der Waals surface area contributed by atoms with Crippen LogP contribution in [-0.4, -0.2) is 82.9 Å². The number of amides is 1. The molecule has 1 aromatic heterocycles. The molecule has 134 valence electrons. The van der Waals surface area contributed by atoms with Crippen molar-refractivity contribution in [3.8, 4) is 0 Å². The van der Waals surface area contributed by atoms with Crippen LogP contribution in [0.4, 0.5) is 0 Å². The molecule has 0 aromatic carbocycles. The van der Waals surface area contributed by atoms with Crippen molar-refractivity contribution >= 4 is 17.4 Å². The molecule has 2 atom stereocenters. The number of carbonyl (C=O) groups excluding carboxylic acids is 1. The molecule has 7 nitrogen and oxygen atoms in total. The van der Waals surface area contributed by atoms with E-state index in [2.05, 4.69) is 35.4 Å². The molecule has 3 rings (SSSR count). The van der Waals surface area contributed by atoms with E-state index < -0.39 is 5.60 Å². The van der Waals surface area contributed by atoms with Crippen molar-refractivity contribution < 1.29 is 14.3 Å². The predicted molar refractivity (Wildman–Crippen MR) is 91.2 cm³/mol. The van der Waals surface area contributed by atoms with Gasteiger partial charge in [-0.05, 0) is 45.3 Å². The maximum atomic E-state index is 12.6. The van der Waals surface area contributed by atoms with Crippen LogP contribution in [0.2, 0.25) is 0 Å². The highest BCUT2D eigenvalue weighted by Crippen LogP contribution is 2.33. The zero-order chi connectivity index (χ0) is 17.2. The topological polar surface area (TPSA) is 67.8 Å². The molecule has 1 amide bonds. The lowest BCUT2D eigenvalue weighted by Gasteiger charge is -2.32. The minimum Gasteiger partial charge on any atom is -0.377 e. The normalized spacial score (nSPS) is 28.0. The number of likely N-dealkylation sites (N-methyl/N-ethyl adjacent to an activating group) is 1. The Bertz CT molecular complexity index is 554. The number of ether oxygens (including phenoxy) is 2. The molecule has 0 aliphatic carbocycles. The summed E-state index contributed by atoms with van der Waals surface area (Å²) < 4.78 is 15.9. The van der Waals surface area contributed by atoms with Crippen LogP contribution in [0.25, 0.3) is 0 Å². The van der Waals surface area contributed by atoms with Crippen LogP contribution < -0.4 is 0 Å². The summed E-state index contributed by atoms with van der Waals surface area (Å²) in [5.74, 6) is -0.0834. The average molecular weight is 354 g/mol. The average Bonchev–Trinajstić information content (AvgIpc) is 3.15. The predicted octanol–water partition coefficient (Wildman–Crippen LogP) is 1.27. The molecule has 0 bridgehead atoms. The molecule has 2 aliphatic heterocycles. The first-order valence-corrected chi connectivity index (χ1v) is 9.35. The van der Waals surface area contributed by atoms with E-state index in [4.69, 9.17) is 9.47 Å². The monoisotopic (exact) mass is 354 g/mol. The van der Waals surface area contributed by atoms with Gasteiger partial charge >= 0.3 is 0 Å². The van der Waals surface area contributed by atoms with Gasteiger partial charge < -0.3 is 19.3 Å². The summed E-state index contributed by atoms with van der Waals surface area (Å²) in [7, 11) is 2.12. The summed E-state index contributed by atoms with van der Waals surface area (Å²) in [4.78, 5) is 16.7. The third kappa shape index (κ3) is 3.93. The fourth-order valence-electron chi connectivity index (χ4n) is 3.28. The second-order valence-electron chi connectivity index (χ2n) is 7.06. The molecule has 1 spiro atoms. The van der Waals surface area contributed by atoms with E-state index in [1.807, 2.05) is 0 Å². The molecule has 2 unspecified atom stereocenters. The lowest BCUT2D eigenvalue weighted by molar-refractivity contribution is -0.0901. The zero-order valence-electron chi connectivity index (χ0n) is 14.6. The van der Waals surface area contributed by atoms with Gasteiger partial charge in [0.05, 0.1) is 25.9 Å². The molecule has 24 heavy (non-hydrogen) atoms. The Balaban J connectivity index is 1.65. The summed E-state index contributed by atoms with van der Waals surface area (Å²) in [6.45, 7) is 7.48. The quantitative estimate of drug-likeness (QED) is 0.811. The van der Waals surface area contributed by atoms with Gasteiger partial charge in [0.2, 0.25) is 0 Å². The van der Waals surface area contributed by atoms with Gasteiger partial charge in [-0.15, -0.1) is 5.10 Å². The largest absolute Gasteiger partial charge is 0.377 e. The Kier molecular flexibility index (Phi) is 5.49. The molecular weight excluding hydrogens is 328 g/mol. The maximum absolute atomic E-state index is 12.6.